The van der Waals surface area contributed by atoms with Crippen molar-refractivity contribution in [2.45, 2.75) is 52.9 Å². The van der Waals surface area contributed by atoms with Gasteiger partial charge in [0, 0.05) is 37.1 Å². The predicted molar refractivity (Wildman–Crippen MR) is 88.2 cm³/mol. The van der Waals surface area contributed by atoms with Gasteiger partial charge in [-0.05, 0) is 27.6 Å². The second-order valence-electron chi connectivity index (χ2n) is 5.94. The molecule has 0 radical (unpaired) electrons. The minimum atomic E-state index is 0.509. The first kappa shape index (κ1) is 17.6. The highest BCUT2D eigenvalue weighted by atomic mass is 32.1. The molecule has 0 aliphatic carbocycles. The topological polar surface area (TPSA) is 31.4 Å². The van der Waals surface area contributed by atoms with Crippen molar-refractivity contribution in [1.29, 1.82) is 0 Å². The fourth-order valence-corrected chi connectivity index (χ4v) is 2.96. The lowest BCUT2D eigenvalue weighted by atomic mass is 10.2. The van der Waals surface area contributed by atoms with E-state index in [2.05, 4.69) is 62.3 Å². The van der Waals surface area contributed by atoms with Crippen molar-refractivity contribution in [3.63, 3.8) is 0 Å². The van der Waals surface area contributed by atoms with Gasteiger partial charge in [0.25, 0.3) is 0 Å². The number of likely N-dealkylation sites (N-methyl/N-ethyl adjacent to an activating group) is 2. The molecule has 0 fully saturated rings. The summed E-state index contributed by atoms with van der Waals surface area (Å²) in [5, 5.41) is 6.80. The number of thiazole rings is 1. The first-order valence-corrected chi connectivity index (χ1v) is 8.35. The van der Waals surface area contributed by atoms with Crippen LogP contribution in [0.5, 0.6) is 0 Å². The van der Waals surface area contributed by atoms with E-state index >= 15 is 0 Å². The van der Waals surface area contributed by atoms with E-state index in [0.29, 0.717) is 12.1 Å². The summed E-state index contributed by atoms with van der Waals surface area (Å²) in [4.78, 5) is 9.46. The van der Waals surface area contributed by atoms with E-state index in [0.717, 1.165) is 26.2 Å². The summed E-state index contributed by atoms with van der Waals surface area (Å²) in [5.74, 6) is 0. The van der Waals surface area contributed by atoms with Gasteiger partial charge in [0.15, 0.2) is 0 Å². The molecule has 5 heteroatoms. The van der Waals surface area contributed by atoms with E-state index in [1.807, 2.05) is 0 Å². The Morgan fingerprint density at radius 2 is 2.00 bits per heavy atom. The number of rotatable bonds is 9. The van der Waals surface area contributed by atoms with E-state index in [9.17, 15) is 0 Å². The highest BCUT2D eigenvalue weighted by molar-refractivity contribution is 7.09. The summed E-state index contributed by atoms with van der Waals surface area (Å²) in [6, 6.07) is 1.06. The molecule has 1 rings (SSSR count). The van der Waals surface area contributed by atoms with Crippen LogP contribution in [0.1, 0.15) is 38.4 Å². The molecule has 0 amide bonds. The van der Waals surface area contributed by atoms with Crippen LogP contribution in [0.3, 0.4) is 0 Å². The number of nitrogens with zero attached hydrogens (tertiary/aromatic N) is 3. The van der Waals surface area contributed by atoms with Gasteiger partial charge in [-0.3, -0.25) is 4.90 Å². The van der Waals surface area contributed by atoms with Gasteiger partial charge in [0.1, 0.15) is 5.01 Å². The third-order valence-electron chi connectivity index (χ3n) is 3.28. The van der Waals surface area contributed by atoms with Gasteiger partial charge >= 0.3 is 0 Å². The molecule has 1 aromatic heterocycles. The largest absolute Gasteiger partial charge is 0.308 e. The molecule has 0 spiro atoms. The Kier molecular flexibility index (Phi) is 7.66. The van der Waals surface area contributed by atoms with Gasteiger partial charge in [0.2, 0.25) is 0 Å². The second-order valence-corrected chi connectivity index (χ2v) is 6.89. The third kappa shape index (κ3) is 6.31. The van der Waals surface area contributed by atoms with Gasteiger partial charge in [0.05, 0.1) is 5.69 Å². The van der Waals surface area contributed by atoms with E-state index in [-0.39, 0.29) is 0 Å². The predicted octanol–water partition coefficient (Wildman–Crippen LogP) is 2.41. The van der Waals surface area contributed by atoms with Gasteiger partial charge in [-0.1, -0.05) is 20.8 Å². The van der Waals surface area contributed by atoms with Gasteiger partial charge in [-0.25, -0.2) is 4.98 Å². The third-order valence-corrected chi connectivity index (χ3v) is 4.18. The van der Waals surface area contributed by atoms with Crippen molar-refractivity contribution in [2.75, 3.05) is 27.2 Å². The molecular formula is C15H30N4S. The van der Waals surface area contributed by atoms with Gasteiger partial charge in [-0.15, -0.1) is 11.3 Å². The van der Waals surface area contributed by atoms with Crippen LogP contribution in [0.4, 0.5) is 0 Å². The average Bonchev–Trinajstić information content (AvgIpc) is 2.80. The Labute approximate surface area is 128 Å². The maximum atomic E-state index is 4.73. The maximum Gasteiger partial charge on any atom is 0.107 e. The summed E-state index contributed by atoms with van der Waals surface area (Å²) in [6.07, 6.45) is 0. The number of nitrogens with one attached hydrogen (secondary N) is 1. The lowest BCUT2D eigenvalue weighted by molar-refractivity contribution is 0.172. The molecule has 4 nitrogen and oxygen atoms in total. The molecule has 0 aliphatic heterocycles. The number of aromatic nitrogens is 1. The molecule has 0 saturated heterocycles. The molecule has 0 bridgehead atoms. The Morgan fingerprint density at radius 1 is 1.30 bits per heavy atom. The van der Waals surface area contributed by atoms with Crippen molar-refractivity contribution < 1.29 is 0 Å². The molecule has 1 atom stereocenters. The van der Waals surface area contributed by atoms with E-state index in [1.54, 1.807) is 11.3 Å². The summed E-state index contributed by atoms with van der Waals surface area (Å²) >= 11 is 1.76. The number of hydrogen-bond acceptors (Lipinski definition) is 5. The summed E-state index contributed by atoms with van der Waals surface area (Å²) < 4.78 is 0. The standard InChI is InChI=1S/C15H30N4S/c1-7-19(13(4)9-18(5)6)10-14-11-20-15(17-14)8-16-12(2)3/h11-13,16H,7-10H2,1-6H3. The van der Waals surface area contributed by atoms with Crippen LogP contribution < -0.4 is 5.32 Å². The van der Waals surface area contributed by atoms with Crippen molar-refractivity contribution in [1.82, 2.24) is 20.1 Å². The zero-order valence-corrected chi connectivity index (χ0v) is 14.6. The van der Waals surface area contributed by atoms with Crippen LogP contribution in [-0.4, -0.2) is 54.1 Å². The average molecular weight is 298 g/mol. The van der Waals surface area contributed by atoms with Gasteiger partial charge < -0.3 is 10.2 Å². The van der Waals surface area contributed by atoms with Crippen LogP contribution in [0, 0.1) is 0 Å². The minimum Gasteiger partial charge on any atom is -0.308 e. The lowest BCUT2D eigenvalue weighted by Gasteiger charge is -2.29. The molecule has 1 aromatic rings. The second kappa shape index (κ2) is 8.72. The van der Waals surface area contributed by atoms with Gasteiger partial charge in [-0.2, -0.15) is 0 Å². The Balaban J connectivity index is 2.53. The summed E-state index contributed by atoms with van der Waals surface area (Å²) in [7, 11) is 4.26. The molecule has 116 valence electrons. The first-order valence-electron chi connectivity index (χ1n) is 7.47. The Hall–Kier alpha value is -0.490. The zero-order valence-electron chi connectivity index (χ0n) is 13.8. The van der Waals surface area contributed by atoms with Crippen molar-refractivity contribution in [3.8, 4) is 0 Å². The van der Waals surface area contributed by atoms with Crippen molar-refractivity contribution in [3.05, 3.63) is 16.1 Å². The van der Waals surface area contributed by atoms with E-state index in [4.69, 9.17) is 4.98 Å². The maximum absolute atomic E-state index is 4.73. The molecule has 1 heterocycles. The molecule has 1 unspecified atom stereocenters. The highest BCUT2D eigenvalue weighted by Gasteiger charge is 2.14. The monoisotopic (exact) mass is 298 g/mol. The van der Waals surface area contributed by atoms with Crippen LogP contribution in [0.15, 0.2) is 5.38 Å². The Bertz CT molecular complexity index is 376. The fraction of sp³-hybridized carbons (Fsp3) is 0.800. The molecule has 0 aromatic carbocycles. The van der Waals surface area contributed by atoms with E-state index in [1.165, 1.54) is 10.7 Å². The highest BCUT2D eigenvalue weighted by Crippen LogP contribution is 2.13. The normalized spacial score (nSPS) is 13.7. The molecule has 20 heavy (non-hydrogen) atoms. The zero-order chi connectivity index (χ0) is 15.1. The Morgan fingerprint density at radius 3 is 2.55 bits per heavy atom. The van der Waals surface area contributed by atoms with Crippen LogP contribution in [-0.2, 0) is 13.1 Å². The molecule has 0 saturated carbocycles. The molecule has 0 aliphatic rings. The van der Waals surface area contributed by atoms with E-state index < -0.39 is 0 Å². The molecule has 1 N–H and O–H groups in total. The first-order chi connectivity index (χ1) is 9.42. The van der Waals surface area contributed by atoms with Crippen LogP contribution >= 0.6 is 11.3 Å². The summed E-state index contributed by atoms with van der Waals surface area (Å²) in [5.41, 5.74) is 1.20. The number of hydrogen-bond donors (Lipinski definition) is 1. The SMILES string of the molecule is CCN(Cc1csc(CNC(C)C)n1)C(C)CN(C)C. The summed E-state index contributed by atoms with van der Waals surface area (Å²) in [6.45, 7) is 12.8. The van der Waals surface area contributed by atoms with Crippen LogP contribution in [0.25, 0.3) is 0 Å². The van der Waals surface area contributed by atoms with Crippen molar-refractivity contribution in [2.24, 2.45) is 0 Å². The van der Waals surface area contributed by atoms with Crippen molar-refractivity contribution >= 4 is 11.3 Å². The van der Waals surface area contributed by atoms with Crippen LogP contribution in [0.2, 0.25) is 0 Å². The smallest absolute Gasteiger partial charge is 0.107 e. The lowest BCUT2D eigenvalue weighted by Crippen LogP contribution is -2.39. The fourth-order valence-electron chi connectivity index (χ4n) is 2.23. The molecular weight excluding hydrogens is 268 g/mol. The minimum absolute atomic E-state index is 0.509. The quantitative estimate of drug-likeness (QED) is 0.758.